The zero-order valence-corrected chi connectivity index (χ0v) is 16.7. The molecule has 0 radical (unpaired) electrons. The molecule has 0 aliphatic carbocycles. The van der Waals surface area contributed by atoms with Crippen molar-refractivity contribution in [3.05, 3.63) is 74.2 Å². The maximum atomic E-state index is 12.7. The molecule has 0 spiro atoms. The summed E-state index contributed by atoms with van der Waals surface area (Å²) in [7, 11) is 0. The molecule has 0 fully saturated rings. The second-order valence-corrected chi connectivity index (χ2v) is 7.42. The number of carbonyl (C=O) groups excluding carboxylic acids is 1. The number of benzene rings is 2. The van der Waals surface area contributed by atoms with Crippen molar-refractivity contribution in [2.24, 2.45) is 5.73 Å². The van der Waals surface area contributed by atoms with E-state index in [1.165, 1.54) is 4.57 Å². The van der Waals surface area contributed by atoms with Crippen molar-refractivity contribution >= 4 is 33.0 Å². The Morgan fingerprint density at radius 2 is 1.89 bits per heavy atom. The van der Waals surface area contributed by atoms with Gasteiger partial charge in [0.2, 0.25) is 0 Å². The third-order valence-corrected chi connectivity index (χ3v) is 5.09. The Morgan fingerprint density at radius 3 is 2.57 bits per heavy atom. The van der Waals surface area contributed by atoms with Gasteiger partial charge in [0.1, 0.15) is 5.52 Å². The Morgan fingerprint density at radius 1 is 1.11 bits per heavy atom. The van der Waals surface area contributed by atoms with Crippen molar-refractivity contribution in [3.8, 4) is 17.1 Å². The Hall–Kier alpha value is -3.26. The number of primary amides is 1. The molecule has 4 aromatic rings. The van der Waals surface area contributed by atoms with E-state index in [0.717, 1.165) is 15.6 Å². The summed E-state index contributed by atoms with van der Waals surface area (Å²) in [5.41, 5.74) is 9.09. The molecule has 28 heavy (non-hydrogen) atoms. The van der Waals surface area contributed by atoms with E-state index in [-0.39, 0.29) is 11.2 Å². The minimum atomic E-state index is -0.739. The van der Waals surface area contributed by atoms with E-state index < -0.39 is 11.6 Å². The number of hydrogen-bond acceptors (Lipinski definition) is 4. The first-order chi connectivity index (χ1) is 13.3. The van der Waals surface area contributed by atoms with E-state index in [4.69, 9.17) is 5.73 Å². The monoisotopic (exact) mass is 437 g/mol. The van der Waals surface area contributed by atoms with E-state index >= 15 is 0 Å². The molecule has 8 heteroatoms. The van der Waals surface area contributed by atoms with Crippen molar-refractivity contribution in [3.63, 3.8) is 0 Å². The summed E-state index contributed by atoms with van der Waals surface area (Å²) in [4.78, 5) is 36.2. The molecule has 2 aromatic carbocycles. The molecule has 2 aromatic heterocycles. The Labute approximate surface area is 168 Å². The second-order valence-electron chi connectivity index (χ2n) is 6.50. The first-order valence-corrected chi connectivity index (χ1v) is 9.30. The molecular weight excluding hydrogens is 422 g/mol. The number of halogens is 1. The molecule has 140 valence electrons. The number of nitrogens with zero attached hydrogens (tertiary/aromatic N) is 3. The van der Waals surface area contributed by atoms with Crippen LogP contribution < -0.4 is 11.4 Å². The zero-order chi connectivity index (χ0) is 20.0. The van der Waals surface area contributed by atoms with Gasteiger partial charge in [-0.2, -0.15) is 0 Å². The quantitative estimate of drug-likeness (QED) is 0.512. The van der Waals surface area contributed by atoms with Crippen LogP contribution >= 0.6 is 15.9 Å². The normalized spacial score (nSPS) is 11.1. The third kappa shape index (κ3) is 3.01. The van der Waals surface area contributed by atoms with Gasteiger partial charge in [0.05, 0.1) is 5.69 Å². The molecule has 4 rings (SSSR count). The molecular formula is C20H16BrN5O2. The fraction of sp³-hybridized carbons (Fsp3) is 0.100. The van der Waals surface area contributed by atoms with Crippen molar-refractivity contribution in [2.45, 2.75) is 13.8 Å². The molecule has 3 N–H and O–H groups in total. The molecule has 0 atom stereocenters. The minimum absolute atomic E-state index is 0.0281. The highest BCUT2D eigenvalue weighted by molar-refractivity contribution is 9.10. The fourth-order valence-corrected chi connectivity index (χ4v) is 3.42. The molecule has 0 saturated heterocycles. The van der Waals surface area contributed by atoms with Gasteiger partial charge in [-0.05, 0) is 49.2 Å². The summed E-state index contributed by atoms with van der Waals surface area (Å²) >= 11 is 3.42. The van der Waals surface area contributed by atoms with Crippen LogP contribution in [0.3, 0.4) is 0 Å². The summed E-state index contributed by atoms with van der Waals surface area (Å²) in [6.45, 7) is 3.96. The average Bonchev–Trinajstić information content (AvgIpc) is 2.98. The van der Waals surface area contributed by atoms with Crippen LogP contribution in [0.2, 0.25) is 0 Å². The van der Waals surface area contributed by atoms with Crippen LogP contribution in [0.1, 0.15) is 21.6 Å². The lowest BCUT2D eigenvalue weighted by molar-refractivity contribution is 0.0997. The number of aromatic amines is 1. The van der Waals surface area contributed by atoms with Crippen LogP contribution in [0, 0.1) is 13.8 Å². The maximum Gasteiger partial charge on any atom is 0.332 e. The summed E-state index contributed by atoms with van der Waals surface area (Å²) in [6, 6.07) is 13.0. The van der Waals surface area contributed by atoms with Gasteiger partial charge >= 0.3 is 5.69 Å². The predicted octanol–water partition coefficient (Wildman–Crippen LogP) is 3.25. The smallest absolute Gasteiger partial charge is 0.332 e. The lowest BCUT2D eigenvalue weighted by atomic mass is 10.1. The van der Waals surface area contributed by atoms with Crippen molar-refractivity contribution in [1.82, 2.24) is 19.5 Å². The van der Waals surface area contributed by atoms with Gasteiger partial charge in [0.25, 0.3) is 5.91 Å². The number of H-pyrrole nitrogens is 1. The first-order valence-electron chi connectivity index (χ1n) is 8.51. The van der Waals surface area contributed by atoms with Gasteiger partial charge in [-0.15, -0.1) is 0 Å². The van der Waals surface area contributed by atoms with Crippen LogP contribution in [-0.2, 0) is 0 Å². The summed E-state index contributed by atoms with van der Waals surface area (Å²) in [6.07, 6.45) is 0. The van der Waals surface area contributed by atoms with Crippen molar-refractivity contribution < 1.29 is 4.79 Å². The first kappa shape index (κ1) is 18.1. The fourth-order valence-electron chi connectivity index (χ4n) is 3.02. The van der Waals surface area contributed by atoms with E-state index in [2.05, 4.69) is 30.9 Å². The van der Waals surface area contributed by atoms with Crippen molar-refractivity contribution in [1.29, 1.82) is 0 Å². The Bertz CT molecular complexity index is 1310. The topological polar surface area (TPSA) is 107 Å². The number of rotatable bonds is 3. The Balaban J connectivity index is 2.07. The number of carbonyl (C=O) groups is 1. The molecule has 0 unspecified atom stereocenters. The number of hydrogen-bond donors (Lipinski definition) is 2. The average molecular weight is 438 g/mol. The maximum absolute atomic E-state index is 12.7. The van der Waals surface area contributed by atoms with Gasteiger partial charge in [-0.25, -0.2) is 19.3 Å². The minimum Gasteiger partial charge on any atom is -0.364 e. The molecule has 0 bridgehead atoms. The van der Waals surface area contributed by atoms with Gasteiger partial charge < -0.3 is 10.7 Å². The largest absolute Gasteiger partial charge is 0.364 e. The van der Waals surface area contributed by atoms with E-state index in [9.17, 15) is 9.59 Å². The number of amides is 1. The molecule has 0 aliphatic rings. The van der Waals surface area contributed by atoms with Gasteiger partial charge in [-0.1, -0.05) is 34.1 Å². The number of nitrogens with two attached hydrogens (primary N) is 1. The van der Waals surface area contributed by atoms with Crippen LogP contribution in [-0.4, -0.2) is 25.4 Å². The summed E-state index contributed by atoms with van der Waals surface area (Å²) in [5, 5.41) is 0. The van der Waals surface area contributed by atoms with E-state index in [0.29, 0.717) is 22.7 Å². The lowest BCUT2D eigenvalue weighted by Crippen LogP contribution is -2.15. The molecule has 0 saturated carbocycles. The highest BCUT2D eigenvalue weighted by atomic mass is 79.9. The van der Waals surface area contributed by atoms with Crippen LogP contribution in [0.25, 0.3) is 28.2 Å². The van der Waals surface area contributed by atoms with Crippen molar-refractivity contribution in [2.75, 3.05) is 0 Å². The SMILES string of the molecule is Cc1ccc(-n2c(=O)[nH]c3c(C(N)=O)nc(-c4cccc(Br)c4)nc32)cc1C. The highest BCUT2D eigenvalue weighted by Crippen LogP contribution is 2.24. The van der Waals surface area contributed by atoms with Crippen LogP contribution in [0.15, 0.2) is 51.7 Å². The molecule has 7 nitrogen and oxygen atoms in total. The number of aromatic nitrogens is 4. The number of nitrogens with one attached hydrogen (secondary N) is 1. The Kier molecular flexibility index (Phi) is 4.35. The van der Waals surface area contributed by atoms with E-state index in [1.807, 2.05) is 56.3 Å². The summed E-state index contributed by atoms with van der Waals surface area (Å²) in [5.74, 6) is -0.434. The zero-order valence-electron chi connectivity index (χ0n) is 15.2. The lowest BCUT2D eigenvalue weighted by Gasteiger charge is -2.08. The van der Waals surface area contributed by atoms with Gasteiger partial charge in [0.15, 0.2) is 17.2 Å². The second kappa shape index (κ2) is 6.72. The third-order valence-electron chi connectivity index (χ3n) is 4.60. The molecule has 1 amide bonds. The van der Waals surface area contributed by atoms with Gasteiger partial charge in [-0.3, -0.25) is 4.79 Å². The number of fused-ring (bicyclic) bond motifs is 1. The highest BCUT2D eigenvalue weighted by Gasteiger charge is 2.20. The standard InChI is InChI=1S/C20H16BrN5O2/c1-10-6-7-14(8-11(10)2)26-19-16(24-20(26)28)15(17(22)27)23-18(25-19)12-4-3-5-13(21)9-12/h3-9H,1-2H3,(H2,22,27)(H,24,28). The number of aryl methyl sites for hydroxylation is 2. The predicted molar refractivity (Wildman–Crippen MR) is 111 cm³/mol. The van der Waals surface area contributed by atoms with Crippen LogP contribution in [0.4, 0.5) is 0 Å². The van der Waals surface area contributed by atoms with Crippen LogP contribution in [0.5, 0.6) is 0 Å². The van der Waals surface area contributed by atoms with E-state index in [1.54, 1.807) is 0 Å². The number of imidazole rings is 1. The summed E-state index contributed by atoms with van der Waals surface area (Å²) < 4.78 is 2.27. The van der Waals surface area contributed by atoms with Gasteiger partial charge in [0, 0.05) is 10.0 Å². The molecule has 2 heterocycles. The molecule has 0 aliphatic heterocycles.